The number of hydrogen-bond donors (Lipinski definition) is 0. The summed E-state index contributed by atoms with van der Waals surface area (Å²) in [6, 6.07) is 7.10. The first-order valence-corrected chi connectivity index (χ1v) is 10.2. The van der Waals surface area contributed by atoms with Crippen LogP contribution in [0.4, 0.5) is 9.18 Å². The number of ether oxygens (including phenoxy) is 1. The molecule has 8 heteroatoms. The number of halogens is 2. The van der Waals surface area contributed by atoms with Gasteiger partial charge in [-0.05, 0) is 38.0 Å². The number of benzene rings is 1. The van der Waals surface area contributed by atoms with Gasteiger partial charge in [-0.25, -0.2) is 9.18 Å². The summed E-state index contributed by atoms with van der Waals surface area (Å²) < 4.78 is 17.1. The van der Waals surface area contributed by atoms with E-state index in [0.717, 1.165) is 29.4 Å². The first-order valence-electron chi connectivity index (χ1n) is 9.86. The minimum absolute atomic E-state index is 0.106. The highest BCUT2D eigenvalue weighted by atomic mass is 35.5. The van der Waals surface area contributed by atoms with E-state index in [4.69, 9.17) is 21.3 Å². The molecule has 0 radical (unpaired) electrons. The quantitative estimate of drug-likeness (QED) is 0.751. The van der Waals surface area contributed by atoms with Gasteiger partial charge in [0.1, 0.15) is 13.3 Å². The number of amides is 2. The number of nitrogens with zero attached hydrogens (tertiary/aromatic N) is 3. The van der Waals surface area contributed by atoms with Crippen molar-refractivity contribution in [2.75, 3.05) is 32.9 Å². The molecule has 2 heterocycles. The molecule has 29 heavy (non-hydrogen) atoms. The number of pyridine rings is 1. The summed E-state index contributed by atoms with van der Waals surface area (Å²) in [6.45, 7) is 2.02. The molecule has 2 amide bonds. The molecule has 154 valence electrons. The SMILES string of the molecule is C[C@@H]1CN(C(=O)c2ccc3c(Cl)cc(C4CC4)nc3c2)CCN1C(=O)OCCF. The Morgan fingerprint density at radius 3 is 2.76 bits per heavy atom. The van der Waals surface area contributed by atoms with Crippen molar-refractivity contribution < 1.29 is 18.7 Å². The number of fused-ring (bicyclic) bond motifs is 1. The second-order valence-electron chi connectivity index (χ2n) is 7.63. The van der Waals surface area contributed by atoms with Crippen LogP contribution in [-0.4, -0.2) is 65.7 Å². The zero-order chi connectivity index (χ0) is 20.5. The molecule has 2 aliphatic rings. The lowest BCUT2D eigenvalue weighted by molar-refractivity contribution is 0.0398. The van der Waals surface area contributed by atoms with Crippen molar-refractivity contribution in [3.8, 4) is 0 Å². The van der Waals surface area contributed by atoms with Crippen molar-refractivity contribution >= 4 is 34.5 Å². The van der Waals surface area contributed by atoms with Crippen LogP contribution in [0.3, 0.4) is 0 Å². The Kier molecular flexibility index (Phi) is 5.58. The van der Waals surface area contributed by atoms with Crippen LogP contribution in [0.5, 0.6) is 0 Å². The minimum Gasteiger partial charge on any atom is -0.447 e. The Labute approximate surface area is 173 Å². The molecule has 1 aromatic carbocycles. The molecule has 1 atom stereocenters. The second-order valence-corrected chi connectivity index (χ2v) is 8.04. The lowest BCUT2D eigenvalue weighted by atomic mass is 10.1. The molecule has 1 aliphatic heterocycles. The van der Waals surface area contributed by atoms with E-state index in [1.165, 1.54) is 4.90 Å². The van der Waals surface area contributed by atoms with E-state index in [9.17, 15) is 14.0 Å². The van der Waals surface area contributed by atoms with Crippen molar-refractivity contribution in [2.24, 2.45) is 0 Å². The number of rotatable bonds is 4. The van der Waals surface area contributed by atoms with E-state index < -0.39 is 12.8 Å². The van der Waals surface area contributed by atoms with E-state index in [1.54, 1.807) is 17.0 Å². The molecule has 6 nitrogen and oxygen atoms in total. The smallest absolute Gasteiger partial charge is 0.410 e. The number of alkyl halides is 1. The maximum Gasteiger partial charge on any atom is 0.410 e. The molecule has 1 aromatic heterocycles. The third-order valence-corrected chi connectivity index (χ3v) is 5.79. The Morgan fingerprint density at radius 2 is 2.07 bits per heavy atom. The van der Waals surface area contributed by atoms with Crippen LogP contribution < -0.4 is 0 Å². The second kappa shape index (κ2) is 8.14. The third kappa shape index (κ3) is 4.15. The fraction of sp³-hybridized carbons (Fsp3) is 0.476. The van der Waals surface area contributed by atoms with Gasteiger partial charge in [-0.15, -0.1) is 0 Å². The monoisotopic (exact) mass is 419 g/mol. The first kappa shape index (κ1) is 19.9. The Bertz CT molecular complexity index is 950. The predicted octanol–water partition coefficient (Wildman–Crippen LogP) is 4.02. The highest BCUT2D eigenvalue weighted by molar-refractivity contribution is 6.35. The normalized spacial score (nSPS) is 19.5. The number of hydrogen-bond acceptors (Lipinski definition) is 4. The van der Waals surface area contributed by atoms with Crippen LogP contribution in [0.15, 0.2) is 24.3 Å². The standard InChI is InChI=1S/C21H23ClFN3O3/c1-13-12-25(7-8-26(13)21(28)29-9-6-23)20(27)15-4-5-16-17(22)11-18(14-2-3-14)24-19(16)10-15/h4-5,10-11,13-14H,2-3,6-9,12H2,1H3/t13-/m1/s1. The summed E-state index contributed by atoms with van der Waals surface area (Å²) in [6.07, 6.45) is 1.71. The summed E-state index contributed by atoms with van der Waals surface area (Å²) in [5.41, 5.74) is 2.27. The molecule has 2 aromatic rings. The number of carbonyl (C=O) groups excluding carboxylic acids is 2. The lowest BCUT2D eigenvalue weighted by Crippen LogP contribution is -2.55. The van der Waals surface area contributed by atoms with Crippen molar-refractivity contribution in [3.05, 3.63) is 40.5 Å². The van der Waals surface area contributed by atoms with E-state index >= 15 is 0 Å². The van der Waals surface area contributed by atoms with Crippen LogP contribution in [0, 0.1) is 0 Å². The summed E-state index contributed by atoms with van der Waals surface area (Å²) >= 11 is 6.41. The van der Waals surface area contributed by atoms with Gasteiger partial charge in [0.05, 0.1) is 10.5 Å². The van der Waals surface area contributed by atoms with Crippen LogP contribution in [0.2, 0.25) is 5.02 Å². The van der Waals surface area contributed by atoms with Gasteiger partial charge in [0.15, 0.2) is 0 Å². The van der Waals surface area contributed by atoms with E-state index in [-0.39, 0.29) is 18.6 Å². The molecule has 1 saturated carbocycles. The third-order valence-electron chi connectivity index (χ3n) is 5.47. The van der Waals surface area contributed by atoms with Crippen molar-refractivity contribution in [2.45, 2.75) is 31.7 Å². The van der Waals surface area contributed by atoms with Crippen LogP contribution in [0.25, 0.3) is 10.9 Å². The topological polar surface area (TPSA) is 62.7 Å². The molecule has 1 saturated heterocycles. The molecule has 1 aliphatic carbocycles. The summed E-state index contributed by atoms with van der Waals surface area (Å²) in [4.78, 5) is 33.0. The van der Waals surface area contributed by atoms with Gasteiger partial charge in [-0.1, -0.05) is 17.7 Å². The van der Waals surface area contributed by atoms with Crippen molar-refractivity contribution in [1.29, 1.82) is 0 Å². The molecule has 2 fully saturated rings. The molecule has 0 spiro atoms. The minimum atomic E-state index is -0.707. The van der Waals surface area contributed by atoms with Gasteiger partial charge in [0, 0.05) is 48.2 Å². The molecule has 0 bridgehead atoms. The maximum absolute atomic E-state index is 13.0. The molecular formula is C21H23ClFN3O3. The number of carbonyl (C=O) groups is 2. The zero-order valence-electron chi connectivity index (χ0n) is 16.2. The lowest BCUT2D eigenvalue weighted by Gasteiger charge is -2.39. The van der Waals surface area contributed by atoms with Gasteiger partial charge >= 0.3 is 6.09 Å². The van der Waals surface area contributed by atoms with Gasteiger partial charge in [0.25, 0.3) is 5.91 Å². The molecular weight excluding hydrogens is 397 g/mol. The average molecular weight is 420 g/mol. The van der Waals surface area contributed by atoms with Gasteiger partial charge in [-0.2, -0.15) is 0 Å². The Balaban J connectivity index is 1.49. The first-order chi connectivity index (χ1) is 14.0. The number of piperazine rings is 1. The van der Waals surface area contributed by atoms with Crippen LogP contribution in [0.1, 0.15) is 41.7 Å². The Morgan fingerprint density at radius 1 is 1.28 bits per heavy atom. The number of aromatic nitrogens is 1. The van der Waals surface area contributed by atoms with Gasteiger partial charge in [0.2, 0.25) is 0 Å². The summed E-state index contributed by atoms with van der Waals surface area (Å²) in [7, 11) is 0. The van der Waals surface area contributed by atoms with Crippen molar-refractivity contribution in [3.63, 3.8) is 0 Å². The summed E-state index contributed by atoms with van der Waals surface area (Å²) in [5, 5.41) is 1.49. The average Bonchev–Trinajstić information content (AvgIpc) is 3.56. The molecule has 0 N–H and O–H groups in total. The van der Waals surface area contributed by atoms with Gasteiger partial charge < -0.3 is 14.5 Å². The van der Waals surface area contributed by atoms with Crippen LogP contribution >= 0.6 is 11.6 Å². The molecule has 4 rings (SSSR count). The highest BCUT2D eigenvalue weighted by Gasteiger charge is 2.31. The van der Waals surface area contributed by atoms with E-state index in [2.05, 4.69) is 0 Å². The van der Waals surface area contributed by atoms with Crippen molar-refractivity contribution in [1.82, 2.24) is 14.8 Å². The summed E-state index contributed by atoms with van der Waals surface area (Å²) in [5.74, 6) is 0.368. The van der Waals surface area contributed by atoms with Crippen LogP contribution in [-0.2, 0) is 4.74 Å². The predicted molar refractivity (Wildman–Crippen MR) is 108 cm³/mol. The zero-order valence-corrected chi connectivity index (χ0v) is 17.0. The highest BCUT2D eigenvalue weighted by Crippen LogP contribution is 2.41. The Hall–Kier alpha value is -2.41. The van der Waals surface area contributed by atoms with Gasteiger partial charge in [-0.3, -0.25) is 9.78 Å². The largest absolute Gasteiger partial charge is 0.447 e. The molecule has 0 unspecified atom stereocenters. The fourth-order valence-corrected chi connectivity index (χ4v) is 4.00. The van der Waals surface area contributed by atoms with E-state index in [0.29, 0.717) is 36.1 Å². The van der Waals surface area contributed by atoms with E-state index in [1.807, 2.05) is 19.1 Å². The fourth-order valence-electron chi connectivity index (χ4n) is 3.73. The maximum atomic E-state index is 13.0.